The lowest BCUT2D eigenvalue weighted by molar-refractivity contribution is 0.185. The van der Waals surface area contributed by atoms with Crippen LogP contribution in [-0.4, -0.2) is 38.9 Å². The summed E-state index contributed by atoms with van der Waals surface area (Å²) in [5, 5.41) is 7.16. The maximum atomic E-state index is 5.36. The summed E-state index contributed by atoms with van der Waals surface area (Å²) < 4.78 is 5.36. The number of piperidine rings is 1. The van der Waals surface area contributed by atoms with Crippen LogP contribution in [0.2, 0.25) is 0 Å². The second-order valence-electron chi connectivity index (χ2n) is 5.22. The highest BCUT2D eigenvalue weighted by Gasteiger charge is 2.15. The zero-order valence-corrected chi connectivity index (χ0v) is 10.3. The molecule has 3 heteroatoms. The lowest BCUT2D eigenvalue weighted by Crippen LogP contribution is -2.34. The Kier molecular flexibility index (Phi) is 5.59. The minimum Gasteiger partial charge on any atom is -0.381 e. The molecule has 3 nitrogen and oxygen atoms in total. The van der Waals surface area contributed by atoms with Gasteiger partial charge in [0, 0.05) is 19.2 Å². The molecule has 16 heavy (non-hydrogen) atoms. The first kappa shape index (κ1) is 12.3. The van der Waals surface area contributed by atoms with Crippen LogP contribution in [0.5, 0.6) is 0 Å². The molecule has 0 spiro atoms. The first-order valence-corrected chi connectivity index (χ1v) is 6.97. The molecule has 2 heterocycles. The summed E-state index contributed by atoms with van der Waals surface area (Å²) in [4.78, 5) is 0. The van der Waals surface area contributed by atoms with Crippen molar-refractivity contribution in [2.45, 2.75) is 44.6 Å². The summed E-state index contributed by atoms with van der Waals surface area (Å²) in [7, 11) is 0. The zero-order valence-electron chi connectivity index (χ0n) is 10.3. The van der Waals surface area contributed by atoms with Crippen molar-refractivity contribution in [1.29, 1.82) is 0 Å². The topological polar surface area (TPSA) is 33.3 Å². The van der Waals surface area contributed by atoms with Gasteiger partial charge in [-0.1, -0.05) is 6.42 Å². The maximum Gasteiger partial charge on any atom is 0.0507 e. The molecular formula is C13H26N2O. The number of hydrogen-bond donors (Lipinski definition) is 2. The third-order valence-corrected chi connectivity index (χ3v) is 3.78. The molecule has 2 aliphatic heterocycles. The summed E-state index contributed by atoms with van der Waals surface area (Å²) in [5.41, 5.74) is 0. The Morgan fingerprint density at radius 3 is 3.00 bits per heavy atom. The van der Waals surface area contributed by atoms with Crippen molar-refractivity contribution in [1.82, 2.24) is 10.6 Å². The molecule has 0 bridgehead atoms. The first-order chi connectivity index (χ1) is 7.95. The van der Waals surface area contributed by atoms with E-state index >= 15 is 0 Å². The van der Waals surface area contributed by atoms with Gasteiger partial charge in [-0.05, 0) is 51.1 Å². The van der Waals surface area contributed by atoms with Crippen molar-refractivity contribution in [2.75, 3.05) is 32.8 Å². The Morgan fingerprint density at radius 2 is 2.25 bits per heavy atom. The predicted molar refractivity (Wildman–Crippen MR) is 66.7 cm³/mol. The standard InChI is InChI=1S/C13H26N2O/c1-2-8-15-13(4-1)5-3-7-14-10-12-6-9-16-11-12/h12-15H,1-11H2. The normalized spacial score (nSPS) is 30.8. The van der Waals surface area contributed by atoms with E-state index in [9.17, 15) is 0 Å². The number of hydrogen-bond acceptors (Lipinski definition) is 3. The van der Waals surface area contributed by atoms with E-state index in [1.54, 1.807) is 0 Å². The third kappa shape index (κ3) is 4.40. The van der Waals surface area contributed by atoms with Gasteiger partial charge < -0.3 is 15.4 Å². The van der Waals surface area contributed by atoms with Crippen LogP contribution in [0.3, 0.4) is 0 Å². The van der Waals surface area contributed by atoms with Crippen LogP contribution in [0.4, 0.5) is 0 Å². The van der Waals surface area contributed by atoms with Gasteiger partial charge in [0.15, 0.2) is 0 Å². The molecule has 2 atom stereocenters. The molecule has 0 aromatic carbocycles. The quantitative estimate of drug-likeness (QED) is 0.674. The van der Waals surface area contributed by atoms with Crippen molar-refractivity contribution >= 4 is 0 Å². The van der Waals surface area contributed by atoms with Crippen molar-refractivity contribution in [3.63, 3.8) is 0 Å². The highest BCUT2D eigenvalue weighted by atomic mass is 16.5. The van der Waals surface area contributed by atoms with Crippen molar-refractivity contribution < 1.29 is 4.74 Å². The molecule has 0 aromatic heterocycles. The molecule has 0 aliphatic carbocycles. The Hall–Kier alpha value is -0.120. The highest BCUT2D eigenvalue weighted by molar-refractivity contribution is 4.72. The number of ether oxygens (including phenoxy) is 1. The first-order valence-electron chi connectivity index (χ1n) is 6.97. The fourth-order valence-electron chi connectivity index (χ4n) is 2.69. The van der Waals surface area contributed by atoms with E-state index in [0.717, 1.165) is 31.7 Å². The van der Waals surface area contributed by atoms with E-state index in [0.29, 0.717) is 0 Å². The van der Waals surface area contributed by atoms with Gasteiger partial charge in [0.25, 0.3) is 0 Å². The molecule has 2 rings (SSSR count). The summed E-state index contributed by atoms with van der Waals surface area (Å²) >= 11 is 0. The molecular weight excluding hydrogens is 200 g/mol. The average Bonchev–Trinajstić information content (AvgIpc) is 2.83. The van der Waals surface area contributed by atoms with E-state index in [1.807, 2.05) is 0 Å². The summed E-state index contributed by atoms with van der Waals surface area (Å²) in [6.45, 7) is 5.50. The lowest BCUT2D eigenvalue weighted by atomic mass is 10.0. The predicted octanol–water partition coefficient (Wildman–Crippen LogP) is 1.53. The van der Waals surface area contributed by atoms with Crippen LogP contribution >= 0.6 is 0 Å². The molecule has 94 valence electrons. The Morgan fingerprint density at radius 1 is 1.25 bits per heavy atom. The van der Waals surface area contributed by atoms with Gasteiger partial charge in [-0.2, -0.15) is 0 Å². The zero-order chi connectivity index (χ0) is 11.1. The fraction of sp³-hybridized carbons (Fsp3) is 1.00. The van der Waals surface area contributed by atoms with E-state index in [4.69, 9.17) is 4.74 Å². The van der Waals surface area contributed by atoms with Crippen LogP contribution in [0.15, 0.2) is 0 Å². The number of nitrogens with one attached hydrogen (secondary N) is 2. The Balaban J connectivity index is 1.42. The fourth-order valence-corrected chi connectivity index (χ4v) is 2.69. The van der Waals surface area contributed by atoms with Crippen molar-refractivity contribution in [3.8, 4) is 0 Å². The summed E-state index contributed by atoms with van der Waals surface area (Å²) in [6, 6.07) is 0.797. The van der Waals surface area contributed by atoms with Crippen molar-refractivity contribution in [2.24, 2.45) is 5.92 Å². The molecule has 2 saturated heterocycles. The van der Waals surface area contributed by atoms with E-state index in [-0.39, 0.29) is 0 Å². The highest BCUT2D eigenvalue weighted by Crippen LogP contribution is 2.12. The molecule has 2 aliphatic rings. The van der Waals surface area contributed by atoms with Gasteiger partial charge >= 0.3 is 0 Å². The largest absolute Gasteiger partial charge is 0.381 e. The molecule has 2 fully saturated rings. The van der Waals surface area contributed by atoms with Crippen LogP contribution in [0, 0.1) is 5.92 Å². The van der Waals surface area contributed by atoms with Gasteiger partial charge in [-0.3, -0.25) is 0 Å². The van der Waals surface area contributed by atoms with Crippen LogP contribution in [0.1, 0.15) is 38.5 Å². The minimum atomic E-state index is 0.771. The van der Waals surface area contributed by atoms with Crippen LogP contribution in [0.25, 0.3) is 0 Å². The number of rotatable bonds is 6. The monoisotopic (exact) mass is 226 g/mol. The van der Waals surface area contributed by atoms with E-state index in [1.165, 1.54) is 51.6 Å². The second kappa shape index (κ2) is 7.25. The molecule has 0 radical (unpaired) electrons. The van der Waals surface area contributed by atoms with Gasteiger partial charge in [-0.15, -0.1) is 0 Å². The summed E-state index contributed by atoms with van der Waals surface area (Å²) in [6.07, 6.45) is 8.08. The van der Waals surface area contributed by atoms with Gasteiger partial charge in [-0.25, -0.2) is 0 Å². The SMILES string of the molecule is C1CCC(CCCNCC2CCOC2)NC1. The molecule has 0 aromatic rings. The molecule has 0 amide bonds. The maximum absolute atomic E-state index is 5.36. The Labute approximate surface area is 99.3 Å². The van der Waals surface area contributed by atoms with Gasteiger partial charge in [0.05, 0.1) is 6.61 Å². The average molecular weight is 226 g/mol. The van der Waals surface area contributed by atoms with Gasteiger partial charge in [0.1, 0.15) is 0 Å². The van der Waals surface area contributed by atoms with Crippen LogP contribution < -0.4 is 10.6 Å². The summed E-state index contributed by atoms with van der Waals surface area (Å²) in [5.74, 6) is 0.771. The molecule has 0 saturated carbocycles. The molecule has 2 N–H and O–H groups in total. The lowest BCUT2D eigenvalue weighted by Gasteiger charge is -2.23. The third-order valence-electron chi connectivity index (χ3n) is 3.78. The van der Waals surface area contributed by atoms with Crippen LogP contribution in [-0.2, 0) is 4.74 Å². The van der Waals surface area contributed by atoms with E-state index in [2.05, 4.69) is 10.6 Å². The van der Waals surface area contributed by atoms with Crippen molar-refractivity contribution in [3.05, 3.63) is 0 Å². The second-order valence-corrected chi connectivity index (χ2v) is 5.22. The molecule has 2 unspecified atom stereocenters. The smallest absolute Gasteiger partial charge is 0.0507 e. The van der Waals surface area contributed by atoms with E-state index < -0.39 is 0 Å². The Bertz CT molecular complexity index is 175. The minimum absolute atomic E-state index is 0.771. The van der Waals surface area contributed by atoms with Gasteiger partial charge in [0.2, 0.25) is 0 Å².